The summed E-state index contributed by atoms with van der Waals surface area (Å²) in [6.45, 7) is 1.84. The number of aromatic nitrogens is 3. The molecule has 2 heterocycles. The summed E-state index contributed by atoms with van der Waals surface area (Å²) < 4.78 is 7.72. The van der Waals surface area contributed by atoms with Crippen LogP contribution >= 0.6 is 35.0 Å². The van der Waals surface area contributed by atoms with Crippen LogP contribution in [-0.4, -0.2) is 25.9 Å². The number of benzene rings is 1. The molecule has 158 valence electrons. The highest BCUT2D eigenvalue weighted by Crippen LogP contribution is 2.37. The van der Waals surface area contributed by atoms with Crippen molar-refractivity contribution in [3.05, 3.63) is 46.6 Å². The topological polar surface area (TPSA) is 73.0 Å². The van der Waals surface area contributed by atoms with E-state index in [0.717, 1.165) is 12.8 Å². The quantitative estimate of drug-likeness (QED) is 0.423. The molecule has 0 spiro atoms. The predicted octanol–water partition coefficient (Wildman–Crippen LogP) is 6.47. The van der Waals surface area contributed by atoms with Crippen molar-refractivity contribution in [2.45, 2.75) is 55.5 Å². The van der Waals surface area contributed by atoms with Crippen LogP contribution in [0, 0.1) is 0 Å². The molecule has 1 aliphatic carbocycles. The highest BCUT2D eigenvalue weighted by atomic mass is 35.5. The van der Waals surface area contributed by atoms with Crippen molar-refractivity contribution in [3.63, 3.8) is 0 Å². The number of nitrogens with zero attached hydrogens (tertiary/aromatic N) is 3. The number of anilines is 1. The monoisotopic (exact) mass is 464 g/mol. The van der Waals surface area contributed by atoms with Crippen LogP contribution in [0.5, 0.6) is 0 Å². The fraction of sp³-hybridized carbons (Fsp3) is 0.381. The van der Waals surface area contributed by atoms with E-state index in [1.807, 2.05) is 19.1 Å². The molecule has 2 aromatic heterocycles. The fourth-order valence-electron chi connectivity index (χ4n) is 3.65. The van der Waals surface area contributed by atoms with Crippen molar-refractivity contribution >= 4 is 46.6 Å². The van der Waals surface area contributed by atoms with E-state index in [0.29, 0.717) is 38.5 Å². The number of amides is 1. The zero-order chi connectivity index (χ0) is 21.1. The van der Waals surface area contributed by atoms with Crippen molar-refractivity contribution in [3.8, 4) is 11.6 Å². The molecule has 6 nitrogen and oxygen atoms in total. The number of hydrogen-bond acceptors (Lipinski definition) is 5. The molecule has 0 aliphatic heterocycles. The zero-order valence-electron chi connectivity index (χ0n) is 16.5. The van der Waals surface area contributed by atoms with Crippen molar-refractivity contribution < 1.29 is 9.21 Å². The molecule has 1 fully saturated rings. The standard InChI is InChI=1S/C21H22Cl2N4O2S/c1-13(20(28)24-16-10-5-9-15(22)18(16)23)30-21-26-25-19(17-11-6-12-29-17)27(21)14-7-3-2-4-8-14/h5-6,9-14H,2-4,7-8H2,1H3,(H,24,28). The van der Waals surface area contributed by atoms with Gasteiger partial charge in [-0.1, -0.05) is 60.3 Å². The average Bonchev–Trinajstić information content (AvgIpc) is 3.42. The number of nitrogens with one attached hydrogen (secondary N) is 1. The molecule has 1 atom stereocenters. The van der Waals surface area contributed by atoms with Crippen molar-refractivity contribution in [1.82, 2.24) is 14.8 Å². The van der Waals surface area contributed by atoms with Crippen LogP contribution in [0.1, 0.15) is 45.1 Å². The summed E-state index contributed by atoms with van der Waals surface area (Å²) in [7, 11) is 0. The molecular weight excluding hydrogens is 443 g/mol. The van der Waals surface area contributed by atoms with E-state index in [2.05, 4.69) is 20.1 Å². The third-order valence-corrected chi connectivity index (χ3v) is 7.08. The molecule has 0 saturated heterocycles. The van der Waals surface area contributed by atoms with Crippen LogP contribution in [0.2, 0.25) is 10.0 Å². The SMILES string of the molecule is CC(Sc1nnc(-c2ccco2)n1C1CCCCC1)C(=O)Nc1cccc(Cl)c1Cl. The minimum Gasteiger partial charge on any atom is -0.461 e. The second-order valence-electron chi connectivity index (χ2n) is 7.30. The number of halogens is 2. The van der Waals surface area contributed by atoms with Gasteiger partial charge in [-0.15, -0.1) is 10.2 Å². The molecule has 30 heavy (non-hydrogen) atoms. The van der Waals surface area contributed by atoms with Gasteiger partial charge in [-0.3, -0.25) is 9.36 Å². The molecule has 1 aliphatic rings. The summed E-state index contributed by atoms with van der Waals surface area (Å²) >= 11 is 13.6. The highest BCUT2D eigenvalue weighted by molar-refractivity contribution is 8.00. The van der Waals surface area contributed by atoms with Crippen LogP contribution in [0.15, 0.2) is 46.2 Å². The Morgan fingerprint density at radius 1 is 1.20 bits per heavy atom. The maximum Gasteiger partial charge on any atom is 0.237 e. The first-order valence-corrected chi connectivity index (χ1v) is 11.6. The summed E-state index contributed by atoms with van der Waals surface area (Å²) in [5.74, 6) is 1.21. The molecule has 1 saturated carbocycles. The Kier molecular flexibility index (Phi) is 6.71. The zero-order valence-corrected chi connectivity index (χ0v) is 18.8. The van der Waals surface area contributed by atoms with Crippen LogP contribution in [-0.2, 0) is 4.79 Å². The summed E-state index contributed by atoms with van der Waals surface area (Å²) in [5, 5.41) is 12.7. The van der Waals surface area contributed by atoms with Gasteiger partial charge in [0, 0.05) is 6.04 Å². The molecular formula is C21H22Cl2N4O2S. The van der Waals surface area contributed by atoms with E-state index in [1.54, 1.807) is 24.5 Å². The minimum absolute atomic E-state index is 0.179. The molecule has 1 aromatic carbocycles. The third kappa shape index (κ3) is 4.53. The summed E-state index contributed by atoms with van der Waals surface area (Å²) in [5.41, 5.74) is 0.492. The lowest BCUT2D eigenvalue weighted by atomic mass is 9.95. The molecule has 1 N–H and O–H groups in total. The van der Waals surface area contributed by atoms with E-state index in [1.165, 1.54) is 31.0 Å². The number of furan rings is 1. The Balaban J connectivity index is 1.56. The summed E-state index contributed by atoms with van der Waals surface area (Å²) in [6, 6.07) is 9.18. The lowest BCUT2D eigenvalue weighted by Gasteiger charge is -2.25. The molecule has 0 radical (unpaired) electrons. The van der Waals surface area contributed by atoms with Crippen LogP contribution in [0.25, 0.3) is 11.6 Å². The average molecular weight is 465 g/mol. The Morgan fingerprint density at radius 3 is 2.73 bits per heavy atom. The largest absolute Gasteiger partial charge is 0.461 e. The van der Waals surface area contributed by atoms with Gasteiger partial charge in [-0.05, 0) is 44.0 Å². The Hall–Kier alpha value is -1.96. The van der Waals surface area contributed by atoms with Gasteiger partial charge < -0.3 is 9.73 Å². The van der Waals surface area contributed by atoms with E-state index < -0.39 is 5.25 Å². The van der Waals surface area contributed by atoms with E-state index in [-0.39, 0.29) is 5.91 Å². The molecule has 1 unspecified atom stereocenters. The summed E-state index contributed by atoms with van der Waals surface area (Å²) in [6.07, 6.45) is 7.36. The smallest absolute Gasteiger partial charge is 0.237 e. The van der Waals surface area contributed by atoms with Gasteiger partial charge >= 0.3 is 0 Å². The van der Waals surface area contributed by atoms with E-state index in [9.17, 15) is 4.79 Å². The molecule has 0 bridgehead atoms. The molecule has 4 rings (SSSR count). The first-order chi connectivity index (χ1) is 14.5. The molecule has 3 aromatic rings. The van der Waals surface area contributed by atoms with E-state index >= 15 is 0 Å². The molecule has 9 heteroatoms. The van der Waals surface area contributed by atoms with Gasteiger partial charge in [0.2, 0.25) is 11.7 Å². The van der Waals surface area contributed by atoms with Crippen molar-refractivity contribution in [1.29, 1.82) is 0 Å². The van der Waals surface area contributed by atoms with E-state index in [4.69, 9.17) is 27.6 Å². The number of hydrogen-bond donors (Lipinski definition) is 1. The second-order valence-corrected chi connectivity index (χ2v) is 9.39. The Bertz CT molecular complexity index is 1020. The van der Waals surface area contributed by atoms with Crippen LogP contribution in [0.4, 0.5) is 5.69 Å². The lowest BCUT2D eigenvalue weighted by Crippen LogP contribution is -2.23. The fourth-order valence-corrected chi connectivity index (χ4v) is 4.91. The number of carbonyl (C=O) groups is 1. The first-order valence-electron chi connectivity index (χ1n) is 9.95. The van der Waals surface area contributed by atoms with Gasteiger partial charge in [0.1, 0.15) is 0 Å². The highest BCUT2D eigenvalue weighted by Gasteiger charge is 2.27. The van der Waals surface area contributed by atoms with Gasteiger partial charge in [0.05, 0.1) is 27.2 Å². The van der Waals surface area contributed by atoms with Gasteiger partial charge in [-0.25, -0.2) is 0 Å². The lowest BCUT2D eigenvalue weighted by molar-refractivity contribution is -0.115. The third-order valence-electron chi connectivity index (χ3n) is 5.21. The van der Waals surface area contributed by atoms with Gasteiger partial charge in [-0.2, -0.15) is 0 Å². The summed E-state index contributed by atoms with van der Waals surface area (Å²) in [4.78, 5) is 12.8. The van der Waals surface area contributed by atoms with Crippen LogP contribution in [0.3, 0.4) is 0 Å². The molecule has 1 amide bonds. The minimum atomic E-state index is -0.406. The number of rotatable bonds is 6. The normalized spacial score (nSPS) is 15.8. The van der Waals surface area contributed by atoms with Crippen molar-refractivity contribution in [2.24, 2.45) is 0 Å². The van der Waals surface area contributed by atoms with Gasteiger partial charge in [0.25, 0.3) is 0 Å². The van der Waals surface area contributed by atoms with Crippen molar-refractivity contribution in [2.75, 3.05) is 5.32 Å². The van der Waals surface area contributed by atoms with Crippen LogP contribution < -0.4 is 5.32 Å². The maximum absolute atomic E-state index is 12.8. The maximum atomic E-state index is 12.8. The van der Waals surface area contributed by atoms with Gasteiger partial charge in [0.15, 0.2) is 10.9 Å². The Morgan fingerprint density at radius 2 is 2.00 bits per heavy atom. The Labute approximate surface area is 189 Å². The number of carbonyl (C=O) groups excluding carboxylic acids is 1. The number of thioether (sulfide) groups is 1. The second kappa shape index (κ2) is 9.45. The predicted molar refractivity (Wildman–Crippen MR) is 120 cm³/mol. The first kappa shape index (κ1) is 21.3.